The van der Waals surface area contributed by atoms with Crippen molar-refractivity contribution in [2.24, 2.45) is 13.0 Å². The quantitative estimate of drug-likeness (QED) is 0.415. The number of hydrogen-bond acceptors (Lipinski definition) is 4. The first-order chi connectivity index (χ1) is 16.3. The van der Waals surface area contributed by atoms with Crippen molar-refractivity contribution in [2.45, 2.75) is 85.7 Å². The van der Waals surface area contributed by atoms with Gasteiger partial charge in [-0.15, -0.1) is 0 Å². The maximum Gasteiger partial charge on any atom is 0.332 e. The van der Waals surface area contributed by atoms with Crippen LogP contribution in [0.5, 0.6) is 0 Å². The highest BCUT2D eigenvalue weighted by Crippen LogP contribution is 2.33. The van der Waals surface area contributed by atoms with Crippen molar-refractivity contribution >= 4 is 22.8 Å². The van der Waals surface area contributed by atoms with Gasteiger partial charge in [0.15, 0.2) is 11.2 Å². The van der Waals surface area contributed by atoms with Gasteiger partial charge in [0.05, 0.1) is 0 Å². The number of benzene rings is 1. The molecular weight excluding hydrogens is 426 g/mol. The molecular formula is C27H39N5O2. The molecule has 34 heavy (non-hydrogen) atoms. The highest BCUT2D eigenvalue weighted by Gasteiger charge is 2.29. The normalized spacial score (nSPS) is 15.8. The van der Waals surface area contributed by atoms with Gasteiger partial charge in [0.2, 0.25) is 5.95 Å². The number of rotatable bonds is 9. The molecule has 3 heterocycles. The summed E-state index contributed by atoms with van der Waals surface area (Å²) in [7, 11) is 1.73. The lowest BCUT2D eigenvalue weighted by atomic mass is 10.1. The van der Waals surface area contributed by atoms with E-state index >= 15 is 0 Å². The number of aryl methyl sites for hydroxylation is 3. The van der Waals surface area contributed by atoms with Gasteiger partial charge in [-0.3, -0.25) is 13.9 Å². The van der Waals surface area contributed by atoms with Crippen molar-refractivity contribution in [3.05, 3.63) is 50.2 Å². The summed E-state index contributed by atoms with van der Waals surface area (Å²) in [6.45, 7) is 10.6. The van der Waals surface area contributed by atoms with E-state index in [9.17, 15) is 9.59 Å². The molecule has 2 aromatic heterocycles. The van der Waals surface area contributed by atoms with Gasteiger partial charge < -0.3 is 9.47 Å². The first-order valence-electron chi connectivity index (χ1n) is 12.9. The highest BCUT2D eigenvalue weighted by molar-refractivity contribution is 5.77. The second kappa shape index (κ2) is 10.2. The minimum atomic E-state index is -0.273. The van der Waals surface area contributed by atoms with Gasteiger partial charge in [0.25, 0.3) is 5.56 Å². The molecule has 0 aliphatic carbocycles. The van der Waals surface area contributed by atoms with Gasteiger partial charge in [0, 0.05) is 32.4 Å². The Balaban J connectivity index is 1.69. The molecule has 1 aliphatic rings. The maximum atomic E-state index is 13.6. The van der Waals surface area contributed by atoms with Crippen LogP contribution in [0.25, 0.3) is 11.2 Å². The molecule has 0 saturated heterocycles. The van der Waals surface area contributed by atoms with E-state index in [0.29, 0.717) is 23.6 Å². The predicted octanol–water partition coefficient (Wildman–Crippen LogP) is 5.05. The molecule has 0 unspecified atom stereocenters. The molecule has 0 bridgehead atoms. The van der Waals surface area contributed by atoms with E-state index in [0.717, 1.165) is 44.0 Å². The lowest BCUT2D eigenvalue weighted by Crippen LogP contribution is -2.40. The van der Waals surface area contributed by atoms with Crippen molar-refractivity contribution in [1.82, 2.24) is 18.7 Å². The van der Waals surface area contributed by atoms with Crippen molar-refractivity contribution in [2.75, 3.05) is 11.4 Å². The molecule has 184 valence electrons. The largest absolute Gasteiger partial charge is 0.332 e. The number of unbranched alkanes of at least 4 members (excludes halogenated alkanes) is 6. The van der Waals surface area contributed by atoms with Crippen molar-refractivity contribution < 1.29 is 0 Å². The third kappa shape index (κ3) is 4.57. The van der Waals surface area contributed by atoms with Crippen LogP contribution in [-0.4, -0.2) is 25.2 Å². The van der Waals surface area contributed by atoms with Crippen LogP contribution in [-0.2, 0) is 20.1 Å². The summed E-state index contributed by atoms with van der Waals surface area (Å²) in [4.78, 5) is 33.7. The second-order valence-electron chi connectivity index (χ2n) is 10.1. The molecule has 0 fully saturated rings. The van der Waals surface area contributed by atoms with Crippen LogP contribution in [0.3, 0.4) is 0 Å². The van der Waals surface area contributed by atoms with E-state index in [1.54, 1.807) is 11.6 Å². The summed E-state index contributed by atoms with van der Waals surface area (Å²) in [5, 5.41) is 0. The summed E-state index contributed by atoms with van der Waals surface area (Å²) < 4.78 is 5.00. The molecule has 0 spiro atoms. The molecule has 4 rings (SSSR count). The smallest absolute Gasteiger partial charge is 0.312 e. The van der Waals surface area contributed by atoms with Crippen LogP contribution in [0.4, 0.5) is 11.6 Å². The molecule has 0 amide bonds. The Morgan fingerprint density at radius 1 is 0.971 bits per heavy atom. The van der Waals surface area contributed by atoms with Crippen LogP contribution in [0, 0.1) is 19.8 Å². The van der Waals surface area contributed by atoms with E-state index in [1.807, 2.05) is 4.57 Å². The number of fused-ring (bicyclic) bond motifs is 3. The Morgan fingerprint density at radius 2 is 1.68 bits per heavy atom. The minimum absolute atomic E-state index is 0.211. The zero-order valence-corrected chi connectivity index (χ0v) is 21.4. The van der Waals surface area contributed by atoms with E-state index < -0.39 is 0 Å². The number of anilines is 2. The van der Waals surface area contributed by atoms with Gasteiger partial charge in [0.1, 0.15) is 0 Å². The van der Waals surface area contributed by atoms with Gasteiger partial charge >= 0.3 is 5.69 Å². The zero-order valence-electron chi connectivity index (χ0n) is 21.4. The first kappa shape index (κ1) is 24.3. The Kier molecular flexibility index (Phi) is 7.29. The fraction of sp³-hybridized carbons (Fsp3) is 0.593. The van der Waals surface area contributed by atoms with Gasteiger partial charge in [-0.05, 0) is 49.4 Å². The van der Waals surface area contributed by atoms with E-state index in [2.05, 4.69) is 50.8 Å². The fourth-order valence-corrected chi connectivity index (χ4v) is 5.04. The summed E-state index contributed by atoms with van der Waals surface area (Å²) in [5.74, 6) is 1.09. The average molecular weight is 466 g/mol. The minimum Gasteiger partial charge on any atom is -0.312 e. The standard InChI is InChI=1S/C27H39N5O2/c1-6-7-8-9-10-11-12-15-30-25(33)23-24(29(5)27(30)34)28-26-31(17-19(2)18-32(23)26)22-14-13-20(3)21(4)16-22/h13-14,16,19H,6-12,15,17-18H2,1-5H3/t19-/m1/s1. The SMILES string of the molecule is CCCCCCCCCn1c(=O)c2c(nc3n2C[C@H](C)CN3c2ccc(C)c(C)c2)n(C)c1=O. The Labute approximate surface area is 202 Å². The first-order valence-corrected chi connectivity index (χ1v) is 12.9. The Morgan fingerprint density at radius 3 is 2.38 bits per heavy atom. The number of imidazole rings is 1. The number of aromatic nitrogens is 4. The van der Waals surface area contributed by atoms with Crippen molar-refractivity contribution in [3.63, 3.8) is 0 Å². The average Bonchev–Trinajstić information content (AvgIpc) is 3.20. The van der Waals surface area contributed by atoms with Crippen LogP contribution in [0.15, 0.2) is 27.8 Å². The van der Waals surface area contributed by atoms with E-state index in [1.165, 1.54) is 41.4 Å². The van der Waals surface area contributed by atoms with Gasteiger partial charge in [-0.25, -0.2) is 4.79 Å². The predicted molar refractivity (Wildman–Crippen MR) is 139 cm³/mol. The topological polar surface area (TPSA) is 65.1 Å². The monoisotopic (exact) mass is 465 g/mol. The maximum absolute atomic E-state index is 13.6. The lowest BCUT2D eigenvalue weighted by Gasteiger charge is -2.33. The van der Waals surface area contributed by atoms with E-state index in [-0.39, 0.29) is 11.2 Å². The molecule has 7 heteroatoms. The van der Waals surface area contributed by atoms with Crippen LogP contribution in [0.2, 0.25) is 0 Å². The van der Waals surface area contributed by atoms with Gasteiger partial charge in [-0.1, -0.05) is 58.4 Å². The van der Waals surface area contributed by atoms with Crippen LogP contribution in [0.1, 0.15) is 69.9 Å². The lowest BCUT2D eigenvalue weighted by molar-refractivity contribution is 0.457. The van der Waals surface area contributed by atoms with Gasteiger partial charge in [-0.2, -0.15) is 4.98 Å². The Hall–Kier alpha value is -2.83. The van der Waals surface area contributed by atoms with Crippen LogP contribution >= 0.6 is 0 Å². The molecule has 3 aromatic rings. The summed E-state index contributed by atoms with van der Waals surface area (Å²) in [6, 6.07) is 6.42. The van der Waals surface area contributed by atoms with E-state index in [4.69, 9.17) is 4.98 Å². The third-order valence-corrected chi connectivity index (χ3v) is 7.23. The van der Waals surface area contributed by atoms with Crippen molar-refractivity contribution in [3.8, 4) is 0 Å². The number of nitrogens with zero attached hydrogens (tertiary/aromatic N) is 5. The Bertz CT molecular complexity index is 1280. The molecule has 1 atom stereocenters. The summed E-state index contributed by atoms with van der Waals surface area (Å²) >= 11 is 0. The molecule has 1 aliphatic heterocycles. The molecule has 7 nitrogen and oxygen atoms in total. The summed E-state index contributed by atoms with van der Waals surface area (Å²) in [5.41, 5.74) is 4.08. The van der Waals surface area contributed by atoms with Crippen LogP contribution < -0.4 is 16.1 Å². The zero-order chi connectivity index (χ0) is 24.4. The third-order valence-electron chi connectivity index (χ3n) is 7.23. The summed E-state index contributed by atoms with van der Waals surface area (Å²) in [6.07, 6.45) is 8.05. The highest BCUT2D eigenvalue weighted by atomic mass is 16.2. The molecule has 1 aromatic carbocycles. The molecule has 0 radical (unpaired) electrons. The molecule has 0 N–H and O–H groups in total. The second-order valence-corrected chi connectivity index (χ2v) is 10.1. The fourth-order valence-electron chi connectivity index (χ4n) is 5.04. The molecule has 0 saturated carbocycles. The number of hydrogen-bond donors (Lipinski definition) is 0. The van der Waals surface area contributed by atoms with Crippen molar-refractivity contribution in [1.29, 1.82) is 0 Å².